The Kier molecular flexibility index (Phi) is 2.87. The molecule has 4 nitrogen and oxygen atoms in total. The van der Waals surface area contributed by atoms with E-state index in [0.717, 1.165) is 0 Å². The molecule has 13 heavy (non-hydrogen) atoms. The first-order chi connectivity index (χ1) is 6.24. The number of pyridine rings is 1. The van der Waals surface area contributed by atoms with Gasteiger partial charge in [-0.1, -0.05) is 0 Å². The third kappa shape index (κ3) is 2.49. The molecule has 0 saturated carbocycles. The predicted molar refractivity (Wildman–Crippen MR) is 46.9 cm³/mol. The van der Waals surface area contributed by atoms with Crippen LogP contribution in [-0.4, -0.2) is 18.0 Å². The molecule has 4 heteroatoms. The minimum absolute atomic E-state index is 0.406. The average Bonchev–Trinajstić information content (AvgIpc) is 2.15. The first-order valence-electron chi connectivity index (χ1n) is 3.54. The Labute approximate surface area is 75.7 Å². The monoisotopic (exact) mass is 176 g/mol. The topological polar surface area (TPSA) is 65.2 Å². The number of primary amides is 1. The van der Waals surface area contributed by atoms with Crippen LogP contribution in [0.1, 0.15) is 5.69 Å². The zero-order chi connectivity index (χ0) is 9.68. The van der Waals surface area contributed by atoms with Crippen LogP contribution < -0.4 is 10.5 Å². The molecule has 2 N–H and O–H groups in total. The summed E-state index contributed by atoms with van der Waals surface area (Å²) in [4.78, 5) is 14.3. The second kappa shape index (κ2) is 4.12. The number of amides is 1. The second-order valence-electron chi connectivity index (χ2n) is 2.17. The minimum atomic E-state index is -0.687. The van der Waals surface area contributed by atoms with Gasteiger partial charge in [0.25, 0.3) is 5.91 Å². The molecule has 1 heterocycles. The molecular weight excluding hydrogens is 168 g/mol. The van der Waals surface area contributed by atoms with Crippen molar-refractivity contribution in [2.75, 3.05) is 7.11 Å². The fraction of sp³-hybridized carbons (Fsp3) is 0.111. The maximum Gasteiger partial charge on any atom is 0.293 e. The van der Waals surface area contributed by atoms with Gasteiger partial charge in [-0.25, -0.2) is 4.98 Å². The lowest BCUT2D eigenvalue weighted by molar-refractivity contribution is -0.112. The fourth-order valence-electron chi connectivity index (χ4n) is 0.770. The number of carbonyl (C=O) groups is 1. The summed E-state index contributed by atoms with van der Waals surface area (Å²) in [6.45, 7) is 0. The molecule has 0 bridgehead atoms. The van der Waals surface area contributed by atoms with Gasteiger partial charge < -0.3 is 10.5 Å². The molecule has 0 fully saturated rings. The van der Waals surface area contributed by atoms with Crippen LogP contribution in [0.4, 0.5) is 0 Å². The lowest BCUT2D eigenvalue weighted by Crippen LogP contribution is -2.06. The summed E-state index contributed by atoms with van der Waals surface area (Å²) < 4.78 is 4.96. The van der Waals surface area contributed by atoms with Crippen molar-refractivity contribution in [2.24, 2.45) is 5.73 Å². The van der Waals surface area contributed by atoms with Crippen molar-refractivity contribution >= 4 is 5.91 Å². The average molecular weight is 176 g/mol. The second-order valence-corrected chi connectivity index (χ2v) is 2.17. The van der Waals surface area contributed by atoms with Crippen LogP contribution in [0.3, 0.4) is 0 Å². The van der Waals surface area contributed by atoms with Crippen LogP contribution in [0.25, 0.3) is 0 Å². The number of nitrogens with two attached hydrogens (primary N) is 1. The number of hydrogen-bond acceptors (Lipinski definition) is 3. The number of hydrogen-bond donors (Lipinski definition) is 1. The summed E-state index contributed by atoms with van der Waals surface area (Å²) in [5.41, 5.74) is 5.26. The molecule has 0 spiro atoms. The summed E-state index contributed by atoms with van der Waals surface area (Å²) in [7, 11) is 1.51. The molecule has 0 aliphatic heterocycles. The van der Waals surface area contributed by atoms with Crippen LogP contribution in [0, 0.1) is 11.8 Å². The van der Waals surface area contributed by atoms with E-state index in [4.69, 9.17) is 10.5 Å². The quantitative estimate of drug-likeness (QED) is 0.609. The highest BCUT2D eigenvalue weighted by atomic mass is 16.5. The number of rotatable bonds is 1. The van der Waals surface area contributed by atoms with Gasteiger partial charge in [0.15, 0.2) is 11.4 Å². The fourth-order valence-corrected chi connectivity index (χ4v) is 0.770. The number of nitrogens with zero attached hydrogens (tertiary/aromatic N) is 1. The van der Waals surface area contributed by atoms with Crippen LogP contribution >= 0.6 is 0 Å². The van der Waals surface area contributed by atoms with Gasteiger partial charge >= 0.3 is 0 Å². The SMILES string of the molecule is COc1cccnc1C#CC(N)=O. The molecule has 0 atom stereocenters. The summed E-state index contributed by atoms with van der Waals surface area (Å²) in [5, 5.41) is 0. The molecule has 1 aromatic rings. The number of aromatic nitrogens is 1. The Morgan fingerprint density at radius 1 is 1.69 bits per heavy atom. The van der Waals surface area contributed by atoms with E-state index < -0.39 is 5.91 Å². The van der Waals surface area contributed by atoms with E-state index >= 15 is 0 Å². The molecule has 1 rings (SSSR count). The normalized spacial score (nSPS) is 8.38. The molecule has 0 radical (unpaired) electrons. The van der Waals surface area contributed by atoms with Crippen molar-refractivity contribution in [1.29, 1.82) is 0 Å². The standard InChI is InChI=1S/C9H8N2O2/c1-13-8-3-2-6-11-7(8)4-5-9(10)12/h2-3,6H,1H3,(H2,10,12). The van der Waals surface area contributed by atoms with Gasteiger partial charge in [-0.2, -0.15) is 0 Å². The lowest BCUT2D eigenvalue weighted by atomic mass is 10.3. The number of methoxy groups -OCH3 is 1. The van der Waals surface area contributed by atoms with Crippen molar-refractivity contribution < 1.29 is 9.53 Å². The van der Waals surface area contributed by atoms with Gasteiger partial charge in [0.05, 0.1) is 7.11 Å². The number of ether oxygens (including phenoxy) is 1. The van der Waals surface area contributed by atoms with Crippen LogP contribution in [0.2, 0.25) is 0 Å². The van der Waals surface area contributed by atoms with E-state index in [2.05, 4.69) is 16.8 Å². The third-order valence-corrected chi connectivity index (χ3v) is 1.29. The number of carbonyl (C=O) groups excluding carboxylic acids is 1. The van der Waals surface area contributed by atoms with E-state index in [-0.39, 0.29) is 0 Å². The van der Waals surface area contributed by atoms with Gasteiger partial charge in [-0.05, 0) is 18.1 Å². The smallest absolute Gasteiger partial charge is 0.293 e. The summed E-state index contributed by atoms with van der Waals surface area (Å²) in [6.07, 6.45) is 1.56. The maximum absolute atomic E-state index is 10.4. The summed E-state index contributed by atoms with van der Waals surface area (Å²) >= 11 is 0. The highest BCUT2D eigenvalue weighted by Gasteiger charge is 1.98. The highest BCUT2D eigenvalue weighted by molar-refractivity contribution is 5.92. The van der Waals surface area contributed by atoms with Crippen LogP contribution in [-0.2, 0) is 4.79 Å². The van der Waals surface area contributed by atoms with E-state index in [1.165, 1.54) is 7.11 Å². The van der Waals surface area contributed by atoms with Gasteiger partial charge in [0.1, 0.15) is 0 Å². The molecule has 0 aromatic carbocycles. The molecule has 1 aromatic heterocycles. The van der Waals surface area contributed by atoms with Crippen molar-refractivity contribution in [3.63, 3.8) is 0 Å². The van der Waals surface area contributed by atoms with E-state index in [1.54, 1.807) is 18.3 Å². The van der Waals surface area contributed by atoms with Crippen molar-refractivity contribution in [1.82, 2.24) is 4.98 Å². The molecule has 0 aliphatic rings. The Morgan fingerprint density at radius 2 is 2.46 bits per heavy atom. The van der Waals surface area contributed by atoms with Crippen LogP contribution in [0.15, 0.2) is 18.3 Å². The Morgan fingerprint density at radius 3 is 3.08 bits per heavy atom. The molecule has 0 unspecified atom stereocenters. The molecule has 66 valence electrons. The zero-order valence-electron chi connectivity index (χ0n) is 7.07. The van der Waals surface area contributed by atoms with Crippen molar-refractivity contribution in [2.45, 2.75) is 0 Å². The molecule has 0 saturated heterocycles. The van der Waals surface area contributed by atoms with E-state index in [1.807, 2.05) is 0 Å². The summed E-state index contributed by atoms with van der Waals surface area (Å²) in [5.74, 6) is 4.52. The van der Waals surface area contributed by atoms with Gasteiger partial charge in [-0.3, -0.25) is 4.79 Å². The first-order valence-corrected chi connectivity index (χ1v) is 3.54. The minimum Gasteiger partial charge on any atom is -0.494 e. The zero-order valence-corrected chi connectivity index (χ0v) is 7.07. The van der Waals surface area contributed by atoms with Gasteiger partial charge in [0.2, 0.25) is 0 Å². The third-order valence-electron chi connectivity index (χ3n) is 1.29. The first kappa shape index (κ1) is 9.07. The predicted octanol–water partition coefficient (Wildman–Crippen LogP) is -0.0730. The Hall–Kier alpha value is -2.02. The Balaban J connectivity index is 3.02. The van der Waals surface area contributed by atoms with Gasteiger partial charge in [0, 0.05) is 12.1 Å². The largest absolute Gasteiger partial charge is 0.494 e. The highest BCUT2D eigenvalue weighted by Crippen LogP contribution is 2.12. The molecule has 1 amide bonds. The van der Waals surface area contributed by atoms with Crippen LogP contribution in [0.5, 0.6) is 5.75 Å². The summed E-state index contributed by atoms with van der Waals surface area (Å²) in [6, 6.07) is 3.42. The molecular formula is C9H8N2O2. The van der Waals surface area contributed by atoms with Crippen molar-refractivity contribution in [3.8, 4) is 17.6 Å². The maximum atomic E-state index is 10.4. The van der Waals surface area contributed by atoms with E-state index in [0.29, 0.717) is 11.4 Å². The van der Waals surface area contributed by atoms with Gasteiger partial charge in [-0.15, -0.1) is 0 Å². The van der Waals surface area contributed by atoms with Crippen molar-refractivity contribution in [3.05, 3.63) is 24.0 Å². The van der Waals surface area contributed by atoms with E-state index in [9.17, 15) is 4.79 Å². The lowest BCUT2D eigenvalue weighted by Gasteiger charge is -1.99. The Bertz CT molecular complexity index is 377. The molecule has 0 aliphatic carbocycles.